The lowest BCUT2D eigenvalue weighted by molar-refractivity contribution is -0.00305. The molecular weight excluding hydrogens is 164 g/mol. The number of nitrogens with two attached hydrogens (primary N) is 1. The summed E-state index contributed by atoms with van der Waals surface area (Å²) in [5.41, 5.74) is 6.08. The number of likely N-dealkylation sites (tertiary alicyclic amines) is 1. The van der Waals surface area contributed by atoms with E-state index in [2.05, 4.69) is 11.5 Å². The average Bonchev–Trinajstić information content (AvgIpc) is 2.08. The van der Waals surface area contributed by atoms with Gasteiger partial charge in [-0.25, -0.2) is 0 Å². The van der Waals surface area contributed by atoms with Crippen molar-refractivity contribution >= 4 is 0 Å². The molecule has 0 aromatic heterocycles. The fourth-order valence-corrected chi connectivity index (χ4v) is 1.57. The minimum absolute atomic E-state index is 0.458. The van der Waals surface area contributed by atoms with Gasteiger partial charge in [0, 0.05) is 26.2 Å². The van der Waals surface area contributed by atoms with Crippen molar-refractivity contribution in [2.24, 2.45) is 5.73 Å². The standard InChI is InChI=1S/C10H20N2O/c1-9(7-11)8-12-5-3-10(2,13)4-6-12/h13H,1,3-8,11H2,2H3. The van der Waals surface area contributed by atoms with Crippen LogP contribution in [0.15, 0.2) is 12.2 Å². The highest BCUT2D eigenvalue weighted by Crippen LogP contribution is 2.21. The number of nitrogens with zero attached hydrogens (tertiary/aromatic N) is 1. The van der Waals surface area contributed by atoms with Crippen LogP contribution in [0.25, 0.3) is 0 Å². The molecule has 1 aliphatic heterocycles. The second kappa shape index (κ2) is 4.22. The molecular formula is C10H20N2O. The molecule has 1 rings (SSSR count). The summed E-state index contributed by atoms with van der Waals surface area (Å²) in [7, 11) is 0. The first-order valence-electron chi connectivity index (χ1n) is 4.85. The van der Waals surface area contributed by atoms with Crippen LogP contribution in [0.2, 0.25) is 0 Å². The summed E-state index contributed by atoms with van der Waals surface area (Å²) >= 11 is 0. The molecule has 1 saturated heterocycles. The number of hydrogen-bond acceptors (Lipinski definition) is 3. The van der Waals surface area contributed by atoms with Gasteiger partial charge in [0.05, 0.1) is 5.60 Å². The zero-order valence-electron chi connectivity index (χ0n) is 8.42. The molecule has 0 aromatic rings. The van der Waals surface area contributed by atoms with Gasteiger partial charge in [0.25, 0.3) is 0 Å². The van der Waals surface area contributed by atoms with Crippen LogP contribution < -0.4 is 5.73 Å². The highest BCUT2D eigenvalue weighted by molar-refractivity contribution is 4.99. The third kappa shape index (κ3) is 3.46. The minimum Gasteiger partial charge on any atom is -0.390 e. The lowest BCUT2D eigenvalue weighted by atomic mass is 9.94. The molecule has 0 radical (unpaired) electrons. The zero-order chi connectivity index (χ0) is 9.90. The second-order valence-corrected chi connectivity index (χ2v) is 4.23. The summed E-state index contributed by atoms with van der Waals surface area (Å²) in [4.78, 5) is 2.30. The van der Waals surface area contributed by atoms with Gasteiger partial charge in [-0.15, -0.1) is 0 Å². The lowest BCUT2D eigenvalue weighted by Crippen LogP contribution is -2.43. The first kappa shape index (κ1) is 10.7. The van der Waals surface area contributed by atoms with Gasteiger partial charge in [0.15, 0.2) is 0 Å². The van der Waals surface area contributed by atoms with E-state index in [4.69, 9.17) is 5.73 Å². The fraction of sp³-hybridized carbons (Fsp3) is 0.800. The molecule has 0 bridgehead atoms. The van der Waals surface area contributed by atoms with Crippen LogP contribution in [0.1, 0.15) is 19.8 Å². The smallest absolute Gasteiger partial charge is 0.0644 e. The van der Waals surface area contributed by atoms with E-state index in [9.17, 15) is 5.11 Å². The molecule has 1 heterocycles. The van der Waals surface area contributed by atoms with Crippen molar-refractivity contribution in [3.63, 3.8) is 0 Å². The van der Waals surface area contributed by atoms with Crippen molar-refractivity contribution in [3.8, 4) is 0 Å². The van der Waals surface area contributed by atoms with Crippen LogP contribution in [0.4, 0.5) is 0 Å². The van der Waals surface area contributed by atoms with Gasteiger partial charge < -0.3 is 10.8 Å². The van der Waals surface area contributed by atoms with E-state index >= 15 is 0 Å². The van der Waals surface area contributed by atoms with Gasteiger partial charge in [-0.2, -0.15) is 0 Å². The first-order valence-corrected chi connectivity index (χ1v) is 4.85. The first-order chi connectivity index (χ1) is 6.03. The van der Waals surface area contributed by atoms with E-state index in [1.165, 1.54) is 0 Å². The second-order valence-electron chi connectivity index (χ2n) is 4.23. The van der Waals surface area contributed by atoms with E-state index in [0.29, 0.717) is 6.54 Å². The highest BCUT2D eigenvalue weighted by Gasteiger charge is 2.26. The quantitative estimate of drug-likeness (QED) is 0.622. The van der Waals surface area contributed by atoms with Crippen LogP contribution in [0.3, 0.4) is 0 Å². The molecule has 0 amide bonds. The Bertz CT molecular complexity index is 179. The van der Waals surface area contributed by atoms with Crippen molar-refractivity contribution < 1.29 is 5.11 Å². The Morgan fingerprint density at radius 1 is 1.54 bits per heavy atom. The zero-order valence-corrected chi connectivity index (χ0v) is 8.42. The summed E-state index contributed by atoms with van der Waals surface area (Å²) < 4.78 is 0. The van der Waals surface area contributed by atoms with Gasteiger partial charge in [-0.3, -0.25) is 4.90 Å². The van der Waals surface area contributed by atoms with E-state index in [1.807, 2.05) is 6.92 Å². The number of piperidine rings is 1. The Morgan fingerprint density at radius 2 is 2.08 bits per heavy atom. The fourth-order valence-electron chi connectivity index (χ4n) is 1.57. The third-order valence-corrected chi connectivity index (χ3v) is 2.67. The number of hydrogen-bond donors (Lipinski definition) is 2. The lowest BCUT2D eigenvalue weighted by Gasteiger charge is -2.35. The molecule has 0 saturated carbocycles. The topological polar surface area (TPSA) is 49.5 Å². The molecule has 1 aliphatic rings. The molecule has 0 aliphatic carbocycles. The van der Waals surface area contributed by atoms with E-state index < -0.39 is 5.60 Å². The van der Waals surface area contributed by atoms with Gasteiger partial charge in [0.1, 0.15) is 0 Å². The van der Waals surface area contributed by atoms with Crippen molar-refractivity contribution in [1.82, 2.24) is 4.90 Å². The summed E-state index contributed by atoms with van der Waals surface area (Å²) in [5, 5.41) is 9.71. The van der Waals surface area contributed by atoms with Gasteiger partial charge in [-0.05, 0) is 25.3 Å². The molecule has 1 fully saturated rings. The molecule has 3 heteroatoms. The van der Waals surface area contributed by atoms with Crippen molar-refractivity contribution in [3.05, 3.63) is 12.2 Å². The molecule has 3 nitrogen and oxygen atoms in total. The van der Waals surface area contributed by atoms with E-state index in [1.54, 1.807) is 0 Å². The van der Waals surface area contributed by atoms with Gasteiger partial charge >= 0.3 is 0 Å². The molecule has 3 N–H and O–H groups in total. The Morgan fingerprint density at radius 3 is 2.54 bits per heavy atom. The van der Waals surface area contributed by atoms with Crippen LogP contribution in [0.5, 0.6) is 0 Å². The molecule has 0 unspecified atom stereocenters. The van der Waals surface area contributed by atoms with Crippen molar-refractivity contribution in [1.29, 1.82) is 0 Å². The molecule has 0 spiro atoms. The van der Waals surface area contributed by atoms with Crippen LogP contribution >= 0.6 is 0 Å². The van der Waals surface area contributed by atoms with Crippen LogP contribution in [-0.4, -0.2) is 41.8 Å². The van der Waals surface area contributed by atoms with Crippen molar-refractivity contribution in [2.75, 3.05) is 26.2 Å². The maximum atomic E-state index is 9.71. The van der Waals surface area contributed by atoms with Crippen LogP contribution in [0, 0.1) is 0 Å². The molecule has 0 aromatic carbocycles. The SMILES string of the molecule is C=C(CN)CN1CCC(C)(O)CC1. The maximum absolute atomic E-state index is 9.71. The maximum Gasteiger partial charge on any atom is 0.0644 e. The molecule has 13 heavy (non-hydrogen) atoms. The predicted octanol–water partition coefficient (Wildman–Crippen LogP) is 0.348. The van der Waals surface area contributed by atoms with E-state index in [-0.39, 0.29) is 0 Å². The number of rotatable bonds is 3. The third-order valence-electron chi connectivity index (χ3n) is 2.67. The Kier molecular flexibility index (Phi) is 3.47. The van der Waals surface area contributed by atoms with E-state index in [0.717, 1.165) is 38.0 Å². The Labute approximate surface area is 80.2 Å². The van der Waals surface area contributed by atoms with Crippen molar-refractivity contribution in [2.45, 2.75) is 25.4 Å². The Hall–Kier alpha value is -0.380. The Balaban J connectivity index is 2.29. The summed E-state index contributed by atoms with van der Waals surface area (Å²) in [5.74, 6) is 0. The minimum atomic E-state index is -0.458. The van der Waals surface area contributed by atoms with Gasteiger partial charge in [0.2, 0.25) is 0 Å². The highest BCUT2D eigenvalue weighted by atomic mass is 16.3. The summed E-state index contributed by atoms with van der Waals surface area (Å²) in [6.07, 6.45) is 1.70. The number of aliphatic hydroxyl groups is 1. The predicted molar refractivity (Wildman–Crippen MR) is 54.5 cm³/mol. The van der Waals surface area contributed by atoms with Gasteiger partial charge in [-0.1, -0.05) is 6.58 Å². The largest absolute Gasteiger partial charge is 0.390 e. The average molecular weight is 184 g/mol. The molecule has 76 valence electrons. The van der Waals surface area contributed by atoms with Crippen LogP contribution in [-0.2, 0) is 0 Å². The summed E-state index contributed by atoms with van der Waals surface area (Å²) in [6.45, 7) is 9.12. The molecule has 0 atom stereocenters. The monoisotopic (exact) mass is 184 g/mol. The normalized spacial score (nSPS) is 23.0. The summed E-state index contributed by atoms with van der Waals surface area (Å²) in [6, 6.07) is 0.